The predicted octanol–water partition coefficient (Wildman–Crippen LogP) is 2.78. The normalized spacial score (nSPS) is 25.2. The maximum absolute atomic E-state index is 13.4. The lowest BCUT2D eigenvalue weighted by molar-refractivity contribution is -0.140. The number of benzene rings is 1. The van der Waals surface area contributed by atoms with Crippen molar-refractivity contribution in [1.29, 1.82) is 0 Å². The molecule has 2 saturated heterocycles. The second kappa shape index (κ2) is 6.78. The van der Waals surface area contributed by atoms with Gasteiger partial charge in [0.2, 0.25) is 10.0 Å². The van der Waals surface area contributed by atoms with Crippen molar-refractivity contribution in [2.24, 2.45) is 0 Å². The van der Waals surface area contributed by atoms with Crippen molar-refractivity contribution in [3.8, 4) is 0 Å². The highest BCUT2D eigenvalue weighted by molar-refractivity contribution is 7.89. The third-order valence-electron chi connectivity index (χ3n) is 4.41. The number of fused-ring (bicyclic) bond motifs is 2. The van der Waals surface area contributed by atoms with Gasteiger partial charge >= 0.3 is 6.18 Å². The van der Waals surface area contributed by atoms with Crippen LogP contribution in [0.3, 0.4) is 0 Å². The van der Waals surface area contributed by atoms with Gasteiger partial charge in [-0.15, -0.1) is 12.4 Å². The van der Waals surface area contributed by atoms with Crippen LogP contribution in [0.1, 0.15) is 24.8 Å². The monoisotopic (exact) mass is 388 g/mol. The number of sulfonamides is 1. The fraction of sp³-hybridized carbons (Fsp3) is 0.571. The van der Waals surface area contributed by atoms with Gasteiger partial charge in [0.15, 0.2) is 0 Å². The largest absolute Gasteiger partial charge is 0.419 e. The summed E-state index contributed by atoms with van der Waals surface area (Å²) in [6, 6.07) is 1.36. The van der Waals surface area contributed by atoms with Crippen LogP contribution in [0.4, 0.5) is 17.6 Å². The summed E-state index contributed by atoms with van der Waals surface area (Å²) < 4.78 is 78.8. The maximum atomic E-state index is 13.4. The molecule has 2 heterocycles. The van der Waals surface area contributed by atoms with Crippen LogP contribution in [0.5, 0.6) is 0 Å². The molecule has 0 aromatic heterocycles. The molecule has 0 radical (unpaired) electrons. The summed E-state index contributed by atoms with van der Waals surface area (Å²) in [7, 11) is -4.09. The van der Waals surface area contributed by atoms with Crippen LogP contribution in [0.15, 0.2) is 23.1 Å². The van der Waals surface area contributed by atoms with E-state index >= 15 is 0 Å². The molecule has 2 aliphatic rings. The molecule has 1 N–H and O–H groups in total. The van der Waals surface area contributed by atoms with Gasteiger partial charge in [0.1, 0.15) is 5.82 Å². The van der Waals surface area contributed by atoms with Gasteiger partial charge in [0.25, 0.3) is 0 Å². The quantitative estimate of drug-likeness (QED) is 0.793. The van der Waals surface area contributed by atoms with Crippen molar-refractivity contribution in [3.05, 3.63) is 29.6 Å². The van der Waals surface area contributed by atoms with Gasteiger partial charge in [-0.2, -0.15) is 17.5 Å². The first-order valence-electron chi connectivity index (χ1n) is 7.32. The molecule has 0 amide bonds. The average molecular weight is 389 g/mol. The lowest BCUT2D eigenvalue weighted by Crippen LogP contribution is -2.42. The number of hydrogen-bond donors (Lipinski definition) is 1. The Morgan fingerprint density at radius 1 is 1.12 bits per heavy atom. The molecule has 24 heavy (non-hydrogen) atoms. The molecule has 2 aliphatic heterocycles. The van der Waals surface area contributed by atoms with Crippen LogP contribution in [0.25, 0.3) is 0 Å². The van der Waals surface area contributed by atoms with Crippen LogP contribution in [-0.4, -0.2) is 37.9 Å². The zero-order valence-corrected chi connectivity index (χ0v) is 14.1. The third-order valence-corrected chi connectivity index (χ3v) is 6.41. The lowest BCUT2D eigenvalue weighted by atomic mass is 10.1. The molecule has 2 bridgehead atoms. The van der Waals surface area contributed by atoms with Gasteiger partial charge in [0, 0.05) is 18.6 Å². The Bertz CT molecular complexity index is 697. The Hall–Kier alpha value is -0.900. The highest BCUT2D eigenvalue weighted by atomic mass is 35.5. The van der Waals surface area contributed by atoms with E-state index in [0.717, 1.165) is 6.07 Å². The summed E-state index contributed by atoms with van der Waals surface area (Å²) in [5, 5.41) is 3.13. The first-order chi connectivity index (χ1) is 10.7. The molecular weight excluding hydrogens is 372 g/mol. The molecule has 10 heteroatoms. The molecule has 2 fully saturated rings. The molecule has 1 aromatic carbocycles. The molecule has 2 atom stereocenters. The summed E-state index contributed by atoms with van der Waals surface area (Å²) in [4.78, 5) is -0.509. The van der Waals surface area contributed by atoms with Gasteiger partial charge in [0.05, 0.1) is 10.5 Å². The topological polar surface area (TPSA) is 49.4 Å². The standard InChI is InChI=1S/C14H16F4N2O2S.ClH/c15-13-4-3-11(7-12(13)14(16,17)18)23(21,22)20-9-1-2-10(20)8-19-6-5-9;/h3-4,7,9-10,19H,1-2,5-6,8H2;1H. The Morgan fingerprint density at radius 2 is 1.79 bits per heavy atom. The second-order valence-electron chi connectivity index (χ2n) is 5.85. The lowest BCUT2D eigenvalue weighted by Gasteiger charge is -2.27. The van der Waals surface area contributed by atoms with Crippen LogP contribution >= 0.6 is 12.4 Å². The van der Waals surface area contributed by atoms with Crippen LogP contribution in [0.2, 0.25) is 0 Å². The molecule has 0 aliphatic carbocycles. The molecule has 4 nitrogen and oxygen atoms in total. The van der Waals surface area contributed by atoms with E-state index in [1.165, 1.54) is 4.31 Å². The highest BCUT2D eigenvalue weighted by Gasteiger charge is 2.44. The van der Waals surface area contributed by atoms with E-state index in [4.69, 9.17) is 0 Å². The number of nitrogens with zero attached hydrogens (tertiary/aromatic N) is 1. The van der Waals surface area contributed by atoms with E-state index in [-0.39, 0.29) is 24.5 Å². The summed E-state index contributed by atoms with van der Waals surface area (Å²) in [5.41, 5.74) is -1.56. The molecule has 1 aromatic rings. The first-order valence-corrected chi connectivity index (χ1v) is 8.76. The minimum Gasteiger partial charge on any atom is -0.315 e. The third kappa shape index (κ3) is 3.40. The minimum atomic E-state index is -4.94. The van der Waals surface area contributed by atoms with E-state index in [2.05, 4.69) is 5.32 Å². The van der Waals surface area contributed by atoms with Crippen LogP contribution in [0, 0.1) is 5.82 Å². The van der Waals surface area contributed by atoms with Gasteiger partial charge in [-0.05, 0) is 44.0 Å². The van der Waals surface area contributed by atoms with Crippen LogP contribution in [-0.2, 0) is 16.2 Å². The smallest absolute Gasteiger partial charge is 0.315 e. The van der Waals surface area contributed by atoms with Gasteiger partial charge < -0.3 is 5.32 Å². The van der Waals surface area contributed by atoms with Crippen molar-refractivity contribution in [1.82, 2.24) is 9.62 Å². The summed E-state index contributed by atoms with van der Waals surface area (Å²) in [6.07, 6.45) is -2.96. The molecule has 0 spiro atoms. The Balaban J connectivity index is 0.00000208. The SMILES string of the molecule is Cl.O=S(=O)(c1ccc(F)c(C(F)(F)F)c1)N1C2CCNCC1CC2. The zero-order valence-electron chi connectivity index (χ0n) is 12.5. The van der Waals surface area contributed by atoms with Gasteiger partial charge in [-0.1, -0.05) is 0 Å². The first kappa shape index (κ1) is 19.4. The predicted molar refractivity (Wildman–Crippen MR) is 82.0 cm³/mol. The highest BCUT2D eigenvalue weighted by Crippen LogP contribution is 2.37. The number of hydrogen-bond acceptors (Lipinski definition) is 3. The van der Waals surface area contributed by atoms with E-state index in [9.17, 15) is 26.0 Å². The van der Waals surface area contributed by atoms with E-state index < -0.39 is 32.5 Å². The molecule has 3 rings (SSSR count). The van der Waals surface area contributed by atoms with Crippen molar-refractivity contribution < 1.29 is 26.0 Å². The second-order valence-corrected chi connectivity index (χ2v) is 7.70. The maximum Gasteiger partial charge on any atom is 0.419 e. The molecular formula is C14H17ClF4N2O2S. The van der Waals surface area contributed by atoms with Gasteiger partial charge in [-0.25, -0.2) is 12.8 Å². The average Bonchev–Trinajstić information content (AvgIpc) is 2.71. The van der Waals surface area contributed by atoms with E-state index in [1.807, 2.05) is 0 Å². The van der Waals surface area contributed by atoms with Crippen molar-refractivity contribution >= 4 is 22.4 Å². The molecule has 2 unspecified atom stereocenters. The van der Waals surface area contributed by atoms with Crippen molar-refractivity contribution in [2.45, 2.75) is 42.4 Å². The summed E-state index contributed by atoms with van der Waals surface area (Å²) in [6.45, 7) is 1.15. The van der Waals surface area contributed by atoms with Crippen molar-refractivity contribution in [2.75, 3.05) is 13.1 Å². The minimum absolute atomic E-state index is 0. The Kier molecular flexibility index (Phi) is 5.49. The number of nitrogens with one attached hydrogen (secondary N) is 1. The summed E-state index contributed by atoms with van der Waals surface area (Å²) in [5.74, 6) is -1.48. The fourth-order valence-electron chi connectivity index (χ4n) is 3.33. The van der Waals surface area contributed by atoms with E-state index in [0.29, 0.717) is 44.5 Å². The van der Waals surface area contributed by atoms with Crippen molar-refractivity contribution in [3.63, 3.8) is 0 Å². The molecule has 0 saturated carbocycles. The van der Waals surface area contributed by atoms with Gasteiger partial charge in [-0.3, -0.25) is 0 Å². The van der Waals surface area contributed by atoms with Crippen LogP contribution < -0.4 is 5.32 Å². The number of rotatable bonds is 2. The summed E-state index contributed by atoms with van der Waals surface area (Å²) >= 11 is 0. The number of alkyl halides is 3. The fourth-order valence-corrected chi connectivity index (χ4v) is 5.26. The van der Waals surface area contributed by atoms with E-state index in [1.54, 1.807) is 0 Å². The zero-order chi connectivity index (χ0) is 16.8. The Labute approximate surface area is 143 Å². The number of halogens is 5. The molecule has 136 valence electrons. The Morgan fingerprint density at radius 3 is 2.46 bits per heavy atom.